The van der Waals surface area contributed by atoms with Crippen LogP contribution in [0.2, 0.25) is 0 Å². The van der Waals surface area contributed by atoms with E-state index >= 15 is 0 Å². The molecule has 0 unspecified atom stereocenters. The molecule has 0 saturated carbocycles. The third kappa shape index (κ3) is 2.54. The summed E-state index contributed by atoms with van der Waals surface area (Å²) in [7, 11) is 0. The van der Waals surface area contributed by atoms with Gasteiger partial charge in [-0.25, -0.2) is 9.97 Å². The van der Waals surface area contributed by atoms with Crippen molar-refractivity contribution < 1.29 is 4.79 Å². The number of carbonyl (C=O) groups is 1. The molecule has 1 aliphatic heterocycles. The monoisotopic (exact) mass is 300 g/mol. The van der Waals surface area contributed by atoms with Crippen molar-refractivity contribution in [2.45, 2.75) is 38.8 Å². The molecule has 1 saturated heterocycles. The fourth-order valence-electron chi connectivity index (χ4n) is 3.05. The highest BCUT2D eigenvalue weighted by Crippen LogP contribution is 2.37. The lowest BCUT2D eigenvalue weighted by molar-refractivity contribution is -0.136. The number of aryl methyl sites for hydroxylation is 1. The van der Waals surface area contributed by atoms with Crippen LogP contribution in [0.4, 0.5) is 5.82 Å². The minimum Gasteiger partial charge on any atom is -0.384 e. The standard InChI is InChI=1S/C15H20N6O/c1-11-9-12(16)19-14(18-11)15(2)5-3-8-21(15)13(22)10-20-7-4-6-17-20/h4,6-7,9H,3,5,8,10H2,1-2H3,(H2,16,18,19)/t15-/m0/s1. The van der Waals surface area contributed by atoms with Crippen molar-refractivity contribution in [3.63, 3.8) is 0 Å². The van der Waals surface area contributed by atoms with Crippen molar-refractivity contribution in [3.05, 3.63) is 36.0 Å². The zero-order valence-corrected chi connectivity index (χ0v) is 12.9. The Morgan fingerprint density at radius 1 is 1.45 bits per heavy atom. The lowest BCUT2D eigenvalue weighted by atomic mass is 9.97. The molecule has 7 nitrogen and oxygen atoms in total. The largest absolute Gasteiger partial charge is 0.384 e. The molecule has 1 aliphatic rings. The number of aromatic nitrogens is 4. The van der Waals surface area contributed by atoms with Gasteiger partial charge in [0.05, 0.1) is 0 Å². The van der Waals surface area contributed by atoms with E-state index in [4.69, 9.17) is 5.73 Å². The molecule has 2 aromatic rings. The maximum absolute atomic E-state index is 12.6. The summed E-state index contributed by atoms with van der Waals surface area (Å²) in [6.45, 7) is 4.82. The highest BCUT2D eigenvalue weighted by molar-refractivity contribution is 5.77. The first-order valence-corrected chi connectivity index (χ1v) is 7.38. The number of hydrogen-bond acceptors (Lipinski definition) is 5. The van der Waals surface area contributed by atoms with Crippen molar-refractivity contribution in [1.82, 2.24) is 24.6 Å². The molecule has 116 valence electrons. The van der Waals surface area contributed by atoms with Gasteiger partial charge in [-0.2, -0.15) is 5.10 Å². The van der Waals surface area contributed by atoms with Gasteiger partial charge in [0.15, 0.2) is 5.82 Å². The molecule has 3 heterocycles. The molecule has 2 aromatic heterocycles. The maximum Gasteiger partial charge on any atom is 0.245 e. The van der Waals surface area contributed by atoms with Crippen LogP contribution in [0, 0.1) is 6.92 Å². The number of hydrogen-bond donors (Lipinski definition) is 1. The van der Waals surface area contributed by atoms with Crippen LogP contribution in [0.1, 0.15) is 31.3 Å². The van der Waals surface area contributed by atoms with Crippen LogP contribution in [-0.2, 0) is 16.9 Å². The van der Waals surface area contributed by atoms with Gasteiger partial charge < -0.3 is 10.6 Å². The van der Waals surface area contributed by atoms with Crippen LogP contribution in [-0.4, -0.2) is 37.1 Å². The second-order valence-corrected chi connectivity index (χ2v) is 5.88. The molecule has 0 spiro atoms. The van der Waals surface area contributed by atoms with Crippen LogP contribution in [0.3, 0.4) is 0 Å². The van der Waals surface area contributed by atoms with Crippen LogP contribution in [0.5, 0.6) is 0 Å². The lowest BCUT2D eigenvalue weighted by Gasteiger charge is -2.34. The Bertz CT molecular complexity index is 663. The van der Waals surface area contributed by atoms with Crippen molar-refractivity contribution in [2.75, 3.05) is 12.3 Å². The third-order valence-electron chi connectivity index (χ3n) is 4.15. The van der Waals surface area contributed by atoms with Gasteiger partial charge in [0.2, 0.25) is 5.91 Å². The Morgan fingerprint density at radius 3 is 2.95 bits per heavy atom. The summed E-state index contributed by atoms with van der Waals surface area (Å²) < 4.78 is 1.63. The number of likely N-dealkylation sites (tertiary alicyclic amines) is 1. The first-order valence-electron chi connectivity index (χ1n) is 7.38. The summed E-state index contributed by atoms with van der Waals surface area (Å²) in [4.78, 5) is 23.4. The topological polar surface area (TPSA) is 89.9 Å². The third-order valence-corrected chi connectivity index (χ3v) is 4.15. The molecule has 1 fully saturated rings. The molecule has 0 bridgehead atoms. The van der Waals surface area contributed by atoms with E-state index in [-0.39, 0.29) is 12.5 Å². The molecule has 7 heteroatoms. The van der Waals surface area contributed by atoms with E-state index < -0.39 is 5.54 Å². The number of amides is 1. The van der Waals surface area contributed by atoms with E-state index in [1.165, 1.54) is 0 Å². The molecule has 3 rings (SSSR count). The molecule has 1 amide bonds. The summed E-state index contributed by atoms with van der Waals surface area (Å²) in [5.74, 6) is 1.08. The van der Waals surface area contributed by atoms with Crippen molar-refractivity contribution in [1.29, 1.82) is 0 Å². The predicted molar refractivity (Wildman–Crippen MR) is 81.7 cm³/mol. The molecule has 2 N–H and O–H groups in total. The van der Waals surface area contributed by atoms with E-state index in [1.807, 2.05) is 18.7 Å². The fourth-order valence-corrected chi connectivity index (χ4v) is 3.05. The molecule has 22 heavy (non-hydrogen) atoms. The summed E-state index contributed by atoms with van der Waals surface area (Å²) in [6.07, 6.45) is 5.21. The highest BCUT2D eigenvalue weighted by atomic mass is 16.2. The van der Waals surface area contributed by atoms with E-state index in [0.29, 0.717) is 18.2 Å². The number of carbonyl (C=O) groups excluding carboxylic acids is 1. The van der Waals surface area contributed by atoms with Crippen LogP contribution >= 0.6 is 0 Å². The predicted octanol–water partition coefficient (Wildman–Crippen LogP) is 1.10. The van der Waals surface area contributed by atoms with E-state index in [2.05, 4.69) is 15.1 Å². The normalized spacial score (nSPS) is 21.3. The molecule has 0 radical (unpaired) electrons. The van der Waals surface area contributed by atoms with Crippen molar-refractivity contribution >= 4 is 11.7 Å². The van der Waals surface area contributed by atoms with Gasteiger partial charge in [-0.3, -0.25) is 9.48 Å². The van der Waals surface area contributed by atoms with Gasteiger partial charge in [0, 0.05) is 30.7 Å². The van der Waals surface area contributed by atoms with E-state index in [9.17, 15) is 4.79 Å². The van der Waals surface area contributed by atoms with Gasteiger partial charge in [-0.1, -0.05) is 0 Å². The van der Waals surface area contributed by atoms with Gasteiger partial charge >= 0.3 is 0 Å². The van der Waals surface area contributed by atoms with Gasteiger partial charge in [0.1, 0.15) is 17.9 Å². The Morgan fingerprint density at radius 2 is 2.27 bits per heavy atom. The Balaban J connectivity index is 1.89. The van der Waals surface area contributed by atoms with E-state index in [1.54, 1.807) is 29.2 Å². The number of nitrogens with zero attached hydrogens (tertiary/aromatic N) is 5. The number of nitrogen functional groups attached to an aromatic ring is 1. The van der Waals surface area contributed by atoms with Crippen LogP contribution in [0.25, 0.3) is 0 Å². The first kappa shape index (κ1) is 14.5. The maximum atomic E-state index is 12.6. The highest BCUT2D eigenvalue weighted by Gasteiger charge is 2.43. The molecule has 0 aliphatic carbocycles. The second kappa shape index (κ2) is 5.40. The zero-order valence-electron chi connectivity index (χ0n) is 12.9. The minimum absolute atomic E-state index is 0.0207. The number of rotatable bonds is 3. The Labute approximate surface area is 129 Å². The zero-order chi connectivity index (χ0) is 15.7. The molecular formula is C15H20N6O. The number of anilines is 1. The average Bonchev–Trinajstić information content (AvgIpc) is 3.07. The smallest absolute Gasteiger partial charge is 0.245 e. The summed E-state index contributed by atoms with van der Waals surface area (Å²) in [5.41, 5.74) is 6.15. The fraction of sp³-hybridized carbons (Fsp3) is 0.467. The van der Waals surface area contributed by atoms with Gasteiger partial charge in [-0.05, 0) is 32.8 Å². The van der Waals surface area contributed by atoms with Gasteiger partial charge in [0.25, 0.3) is 0 Å². The second-order valence-electron chi connectivity index (χ2n) is 5.88. The van der Waals surface area contributed by atoms with Crippen molar-refractivity contribution in [3.8, 4) is 0 Å². The quantitative estimate of drug-likeness (QED) is 0.916. The van der Waals surface area contributed by atoms with Crippen LogP contribution in [0.15, 0.2) is 24.5 Å². The molecule has 1 atom stereocenters. The van der Waals surface area contributed by atoms with Gasteiger partial charge in [-0.15, -0.1) is 0 Å². The number of nitrogens with two attached hydrogens (primary N) is 1. The minimum atomic E-state index is -0.510. The molecular weight excluding hydrogens is 280 g/mol. The van der Waals surface area contributed by atoms with E-state index in [0.717, 1.165) is 18.5 Å². The molecule has 0 aromatic carbocycles. The Kier molecular flexibility index (Phi) is 3.56. The van der Waals surface area contributed by atoms with Crippen molar-refractivity contribution in [2.24, 2.45) is 0 Å². The SMILES string of the molecule is Cc1cc(N)nc([C@]2(C)CCCN2C(=O)Cn2cccn2)n1. The average molecular weight is 300 g/mol. The summed E-state index contributed by atoms with van der Waals surface area (Å²) in [6, 6.07) is 3.54. The first-order chi connectivity index (χ1) is 10.5. The summed E-state index contributed by atoms with van der Waals surface area (Å²) in [5, 5.41) is 4.09. The Hall–Kier alpha value is -2.44. The summed E-state index contributed by atoms with van der Waals surface area (Å²) >= 11 is 0. The lowest BCUT2D eigenvalue weighted by Crippen LogP contribution is -2.45. The van der Waals surface area contributed by atoms with Crippen LogP contribution < -0.4 is 5.73 Å².